The quantitative estimate of drug-likeness (QED) is 0.302. The number of halogens is 2. The molecule has 4 rings (SSSR count). The van der Waals surface area contributed by atoms with E-state index in [1.807, 2.05) is 0 Å². The zero-order valence-corrected chi connectivity index (χ0v) is 17.2. The summed E-state index contributed by atoms with van der Waals surface area (Å²) in [5.74, 6) is -2.58. The first-order valence-electron chi connectivity index (χ1n) is 9.79. The molecule has 0 unspecified atom stereocenters. The summed E-state index contributed by atoms with van der Waals surface area (Å²) in [7, 11) is 0. The number of hydrogen-bond donors (Lipinski definition) is 1. The topological polar surface area (TPSA) is 111 Å². The van der Waals surface area contributed by atoms with Crippen molar-refractivity contribution in [2.45, 2.75) is 18.7 Å². The number of para-hydroxylation sites is 1. The van der Waals surface area contributed by atoms with Crippen LogP contribution in [0.4, 0.5) is 14.5 Å². The molecule has 0 bridgehead atoms. The van der Waals surface area contributed by atoms with Gasteiger partial charge >= 0.3 is 5.97 Å². The third-order valence-electron chi connectivity index (χ3n) is 4.83. The smallest absolute Gasteiger partial charge is 0.329 e. The highest BCUT2D eigenvalue weighted by molar-refractivity contribution is 5.75. The molecular weight excluding hydrogens is 436 g/mol. The lowest BCUT2D eigenvalue weighted by Crippen LogP contribution is -2.44. The third-order valence-corrected chi connectivity index (χ3v) is 4.83. The Morgan fingerprint density at radius 3 is 2.18 bits per heavy atom. The van der Waals surface area contributed by atoms with Crippen LogP contribution in [0.3, 0.4) is 0 Å². The summed E-state index contributed by atoms with van der Waals surface area (Å²) in [5.41, 5.74) is -1.47. The molecule has 2 heterocycles. The molecule has 33 heavy (non-hydrogen) atoms. The number of hydrogen-bond acceptors (Lipinski definition) is 8. The zero-order chi connectivity index (χ0) is 23.3. The number of carbonyl (C=O) groups is 1. The molecule has 0 spiro atoms. The first-order valence-corrected chi connectivity index (χ1v) is 9.79. The standard InChI is InChI=1S/C21H19F2N7O3/c22-16-6-7-18(19(23)8-16)21(10-28-14-24-12-26-28,11-29-15-25-13-27-29)33-20(31)9-30(32)17-4-2-1-3-5-17/h1-8,12-15,32H,9-11H2. The Bertz CT molecular complexity index is 1150. The molecule has 0 aliphatic carbocycles. The van der Waals surface area contributed by atoms with Crippen LogP contribution in [0.5, 0.6) is 0 Å². The van der Waals surface area contributed by atoms with Crippen LogP contribution in [-0.2, 0) is 28.2 Å². The van der Waals surface area contributed by atoms with Crippen LogP contribution in [0.2, 0.25) is 0 Å². The lowest BCUT2D eigenvalue weighted by atomic mass is 9.92. The summed E-state index contributed by atoms with van der Waals surface area (Å²) >= 11 is 0. The van der Waals surface area contributed by atoms with Crippen LogP contribution in [0.1, 0.15) is 5.56 Å². The van der Waals surface area contributed by atoms with E-state index in [4.69, 9.17) is 4.74 Å². The molecule has 0 atom stereocenters. The van der Waals surface area contributed by atoms with E-state index in [1.54, 1.807) is 30.3 Å². The van der Waals surface area contributed by atoms with Gasteiger partial charge in [0.25, 0.3) is 0 Å². The normalized spacial score (nSPS) is 11.4. The minimum atomic E-state index is -1.73. The maximum absolute atomic E-state index is 15.0. The molecule has 2 aromatic heterocycles. The monoisotopic (exact) mass is 455 g/mol. The van der Waals surface area contributed by atoms with Crippen molar-refractivity contribution in [2.24, 2.45) is 0 Å². The van der Waals surface area contributed by atoms with E-state index in [9.17, 15) is 18.8 Å². The summed E-state index contributed by atoms with van der Waals surface area (Å²) in [6.07, 6.45) is 5.28. The molecule has 12 heteroatoms. The predicted octanol–water partition coefficient (Wildman–Crippen LogP) is 2.18. The zero-order valence-electron chi connectivity index (χ0n) is 17.2. The molecule has 2 aromatic carbocycles. The van der Waals surface area contributed by atoms with Crippen LogP contribution >= 0.6 is 0 Å². The van der Waals surface area contributed by atoms with Gasteiger partial charge in [-0.05, 0) is 24.3 Å². The van der Waals surface area contributed by atoms with E-state index >= 15 is 0 Å². The number of rotatable bonds is 9. The second-order valence-corrected chi connectivity index (χ2v) is 7.17. The van der Waals surface area contributed by atoms with Crippen LogP contribution < -0.4 is 5.06 Å². The summed E-state index contributed by atoms with van der Waals surface area (Å²) in [4.78, 5) is 20.7. The van der Waals surface area contributed by atoms with E-state index in [0.29, 0.717) is 16.8 Å². The number of ether oxygens (including phenoxy) is 1. The molecule has 10 nitrogen and oxygen atoms in total. The number of anilines is 1. The van der Waals surface area contributed by atoms with Gasteiger partial charge in [-0.15, -0.1) is 0 Å². The second kappa shape index (κ2) is 9.53. The summed E-state index contributed by atoms with van der Waals surface area (Å²) in [6.45, 7) is -0.890. The van der Waals surface area contributed by atoms with Crippen molar-refractivity contribution in [1.82, 2.24) is 29.5 Å². The Morgan fingerprint density at radius 1 is 1.00 bits per heavy atom. The van der Waals surface area contributed by atoms with Gasteiger partial charge in [0.05, 0.1) is 18.8 Å². The van der Waals surface area contributed by atoms with Crippen molar-refractivity contribution in [1.29, 1.82) is 0 Å². The van der Waals surface area contributed by atoms with E-state index < -0.39 is 29.7 Å². The molecule has 4 aromatic rings. The van der Waals surface area contributed by atoms with E-state index in [0.717, 1.165) is 6.07 Å². The molecule has 1 N–H and O–H groups in total. The Morgan fingerprint density at radius 2 is 1.64 bits per heavy atom. The number of benzene rings is 2. The van der Waals surface area contributed by atoms with Crippen molar-refractivity contribution in [3.8, 4) is 0 Å². The highest BCUT2D eigenvalue weighted by Gasteiger charge is 2.41. The van der Waals surface area contributed by atoms with Gasteiger partial charge in [-0.25, -0.2) is 38.0 Å². The summed E-state index contributed by atoms with van der Waals surface area (Å²) in [5, 5.41) is 19.1. The van der Waals surface area contributed by atoms with Crippen molar-refractivity contribution in [2.75, 3.05) is 11.6 Å². The Balaban J connectivity index is 1.71. The molecule has 170 valence electrons. The number of nitrogens with zero attached hydrogens (tertiary/aromatic N) is 7. The highest BCUT2D eigenvalue weighted by Crippen LogP contribution is 2.33. The third kappa shape index (κ3) is 5.18. The summed E-state index contributed by atoms with van der Waals surface area (Å²) in [6, 6.07) is 11.3. The fourth-order valence-corrected chi connectivity index (χ4v) is 3.41. The van der Waals surface area contributed by atoms with Crippen molar-refractivity contribution >= 4 is 11.7 Å². The molecule has 0 aliphatic rings. The molecule has 0 radical (unpaired) electrons. The number of carbonyl (C=O) groups excluding carboxylic acids is 1. The SMILES string of the molecule is O=C(CN(O)c1ccccc1)OC(Cn1cncn1)(Cn1cncn1)c1ccc(F)cc1F. The van der Waals surface area contributed by atoms with E-state index in [2.05, 4.69) is 20.2 Å². The largest absolute Gasteiger partial charge is 0.449 e. The number of hydroxylamine groups is 1. The predicted molar refractivity (Wildman–Crippen MR) is 110 cm³/mol. The molecule has 0 saturated heterocycles. The van der Waals surface area contributed by atoms with E-state index in [1.165, 1.54) is 40.7 Å². The van der Waals surface area contributed by atoms with Gasteiger partial charge in [0.1, 0.15) is 43.5 Å². The van der Waals surface area contributed by atoms with Crippen molar-refractivity contribution < 1.29 is 23.5 Å². The van der Waals surface area contributed by atoms with Gasteiger partial charge < -0.3 is 4.74 Å². The van der Waals surface area contributed by atoms with Gasteiger partial charge in [0, 0.05) is 11.6 Å². The summed E-state index contributed by atoms with van der Waals surface area (Å²) < 4.78 is 37.2. The Kier molecular flexibility index (Phi) is 6.36. The first-order chi connectivity index (χ1) is 15.9. The van der Waals surface area contributed by atoms with Crippen molar-refractivity contribution in [3.63, 3.8) is 0 Å². The Labute approximate surface area is 186 Å². The first kappa shape index (κ1) is 22.0. The van der Waals surface area contributed by atoms with Gasteiger partial charge in [-0.2, -0.15) is 10.2 Å². The minimum absolute atomic E-state index is 0.104. The lowest BCUT2D eigenvalue weighted by molar-refractivity contribution is -0.165. The average molecular weight is 455 g/mol. The average Bonchev–Trinajstić information content (AvgIpc) is 3.48. The van der Waals surface area contributed by atoms with Crippen LogP contribution in [-0.4, -0.2) is 47.3 Å². The van der Waals surface area contributed by atoms with Gasteiger partial charge in [0.2, 0.25) is 0 Å². The molecule has 0 saturated carbocycles. The van der Waals surface area contributed by atoms with Gasteiger partial charge in [-0.1, -0.05) is 18.2 Å². The van der Waals surface area contributed by atoms with Gasteiger partial charge in [-0.3, -0.25) is 5.21 Å². The Hall–Kier alpha value is -4.19. The fourth-order valence-electron chi connectivity index (χ4n) is 3.41. The lowest BCUT2D eigenvalue weighted by Gasteiger charge is -2.34. The number of aromatic nitrogens is 6. The molecule has 0 aliphatic heterocycles. The molecule has 0 fully saturated rings. The fraction of sp³-hybridized carbons (Fsp3) is 0.190. The molecule has 0 amide bonds. The van der Waals surface area contributed by atoms with Crippen LogP contribution in [0.25, 0.3) is 0 Å². The highest BCUT2D eigenvalue weighted by atomic mass is 19.1. The minimum Gasteiger partial charge on any atom is -0.449 e. The van der Waals surface area contributed by atoms with E-state index in [-0.39, 0.29) is 18.7 Å². The van der Waals surface area contributed by atoms with Crippen LogP contribution in [0.15, 0.2) is 73.8 Å². The maximum atomic E-state index is 15.0. The molecular formula is C21H19F2N7O3. The maximum Gasteiger partial charge on any atom is 0.329 e. The van der Waals surface area contributed by atoms with Crippen LogP contribution in [0, 0.1) is 11.6 Å². The number of esters is 1. The second-order valence-electron chi connectivity index (χ2n) is 7.17. The van der Waals surface area contributed by atoms with Crippen molar-refractivity contribution in [3.05, 3.63) is 91.0 Å². The van der Waals surface area contributed by atoms with Gasteiger partial charge in [0.15, 0.2) is 5.60 Å².